The molecule has 2 fully saturated rings. The maximum atomic E-state index is 12.1. The van der Waals surface area contributed by atoms with Crippen LogP contribution in [-0.2, 0) is 9.59 Å². The van der Waals surface area contributed by atoms with Crippen LogP contribution in [0.15, 0.2) is 0 Å². The van der Waals surface area contributed by atoms with Gasteiger partial charge in [0, 0.05) is 25.4 Å². The molecule has 2 rings (SSSR count). The van der Waals surface area contributed by atoms with Gasteiger partial charge in [0.1, 0.15) is 0 Å². The van der Waals surface area contributed by atoms with E-state index in [2.05, 4.69) is 0 Å². The Kier molecular flexibility index (Phi) is 4.02. The molecule has 4 nitrogen and oxygen atoms in total. The van der Waals surface area contributed by atoms with E-state index in [4.69, 9.17) is 5.11 Å². The first-order valence-electron chi connectivity index (χ1n) is 6.67. The van der Waals surface area contributed by atoms with E-state index in [1.54, 1.807) is 0 Å². The number of likely N-dealkylation sites (tertiary alicyclic amines) is 1. The van der Waals surface area contributed by atoms with Gasteiger partial charge in [0.05, 0.1) is 0 Å². The van der Waals surface area contributed by atoms with Crippen LogP contribution in [0, 0.1) is 11.8 Å². The Bertz CT molecular complexity index is 297. The van der Waals surface area contributed by atoms with Gasteiger partial charge in [-0.05, 0) is 31.6 Å². The monoisotopic (exact) mass is 239 g/mol. The van der Waals surface area contributed by atoms with Crippen molar-refractivity contribution >= 4 is 11.9 Å². The van der Waals surface area contributed by atoms with Crippen molar-refractivity contribution in [1.82, 2.24) is 4.90 Å². The van der Waals surface area contributed by atoms with Gasteiger partial charge in [-0.1, -0.05) is 12.8 Å². The smallest absolute Gasteiger partial charge is 0.303 e. The van der Waals surface area contributed by atoms with Crippen LogP contribution in [0.3, 0.4) is 0 Å². The van der Waals surface area contributed by atoms with E-state index in [0.717, 1.165) is 32.4 Å². The quantitative estimate of drug-likeness (QED) is 0.815. The summed E-state index contributed by atoms with van der Waals surface area (Å²) in [5, 5.41) is 8.64. The Hall–Kier alpha value is -1.06. The van der Waals surface area contributed by atoms with Crippen molar-refractivity contribution in [1.29, 1.82) is 0 Å². The molecule has 1 amide bonds. The van der Waals surface area contributed by atoms with Crippen molar-refractivity contribution in [2.75, 3.05) is 13.1 Å². The number of carboxylic acids is 1. The highest BCUT2D eigenvalue weighted by Gasteiger charge is 2.32. The second-order valence-electron chi connectivity index (χ2n) is 5.35. The van der Waals surface area contributed by atoms with Crippen LogP contribution in [0.5, 0.6) is 0 Å². The Balaban J connectivity index is 1.76. The van der Waals surface area contributed by atoms with E-state index in [-0.39, 0.29) is 12.3 Å². The van der Waals surface area contributed by atoms with Crippen molar-refractivity contribution in [3.63, 3.8) is 0 Å². The molecule has 0 bridgehead atoms. The molecule has 1 N–H and O–H groups in total. The number of amides is 1. The topological polar surface area (TPSA) is 57.6 Å². The standard InChI is InChI=1S/C13H21NO3/c15-12(16)6-5-10-7-8-14(9-10)13(17)11-3-1-2-4-11/h10-11H,1-9H2,(H,15,16). The predicted molar refractivity (Wildman–Crippen MR) is 63.5 cm³/mol. The zero-order valence-electron chi connectivity index (χ0n) is 10.2. The molecule has 1 unspecified atom stereocenters. The predicted octanol–water partition coefficient (Wildman–Crippen LogP) is 1.89. The third kappa shape index (κ3) is 3.20. The van der Waals surface area contributed by atoms with Gasteiger partial charge in [-0.2, -0.15) is 0 Å². The summed E-state index contributed by atoms with van der Waals surface area (Å²) in [6.45, 7) is 1.61. The van der Waals surface area contributed by atoms with Gasteiger partial charge in [-0.15, -0.1) is 0 Å². The summed E-state index contributed by atoms with van der Waals surface area (Å²) in [5.41, 5.74) is 0. The third-order valence-corrected chi connectivity index (χ3v) is 4.07. The Morgan fingerprint density at radius 2 is 1.88 bits per heavy atom. The van der Waals surface area contributed by atoms with E-state index in [1.807, 2.05) is 4.90 Å². The molecule has 1 aliphatic heterocycles. The lowest BCUT2D eigenvalue weighted by molar-refractivity contribution is -0.137. The van der Waals surface area contributed by atoms with Gasteiger partial charge in [0.2, 0.25) is 5.91 Å². The summed E-state index contributed by atoms with van der Waals surface area (Å²) >= 11 is 0. The van der Waals surface area contributed by atoms with Gasteiger partial charge in [0.25, 0.3) is 0 Å². The number of carboxylic acid groups (broad SMARTS) is 1. The number of carbonyl (C=O) groups is 2. The first-order chi connectivity index (χ1) is 8.16. The second-order valence-corrected chi connectivity index (χ2v) is 5.35. The number of carbonyl (C=O) groups excluding carboxylic acids is 1. The molecule has 0 aromatic carbocycles. The van der Waals surface area contributed by atoms with Gasteiger partial charge in [0.15, 0.2) is 0 Å². The summed E-state index contributed by atoms with van der Waals surface area (Å²) in [6.07, 6.45) is 6.40. The van der Waals surface area contributed by atoms with Crippen molar-refractivity contribution in [3.05, 3.63) is 0 Å². The molecule has 1 saturated heterocycles. The molecule has 4 heteroatoms. The molecule has 0 aromatic rings. The highest BCUT2D eigenvalue weighted by molar-refractivity contribution is 5.79. The molecule has 0 aromatic heterocycles. The maximum absolute atomic E-state index is 12.1. The van der Waals surface area contributed by atoms with E-state index in [9.17, 15) is 9.59 Å². The molecular weight excluding hydrogens is 218 g/mol. The summed E-state index contributed by atoms with van der Waals surface area (Å²) in [6, 6.07) is 0. The summed E-state index contributed by atoms with van der Waals surface area (Å²) in [4.78, 5) is 24.6. The molecule has 1 heterocycles. The lowest BCUT2D eigenvalue weighted by Crippen LogP contribution is -2.33. The zero-order valence-corrected chi connectivity index (χ0v) is 10.2. The Labute approximate surface area is 102 Å². The molecule has 1 aliphatic carbocycles. The number of hydrogen-bond donors (Lipinski definition) is 1. The largest absolute Gasteiger partial charge is 0.481 e. The van der Waals surface area contributed by atoms with Crippen molar-refractivity contribution in [2.24, 2.45) is 11.8 Å². The van der Waals surface area contributed by atoms with Gasteiger partial charge < -0.3 is 10.0 Å². The summed E-state index contributed by atoms with van der Waals surface area (Å²) in [5.74, 6) is 0.246. The minimum Gasteiger partial charge on any atom is -0.481 e. The number of rotatable bonds is 4. The van der Waals surface area contributed by atoms with Gasteiger partial charge in [-0.3, -0.25) is 9.59 Å². The van der Waals surface area contributed by atoms with Crippen LogP contribution < -0.4 is 0 Å². The van der Waals surface area contributed by atoms with E-state index >= 15 is 0 Å². The van der Waals surface area contributed by atoms with Crippen LogP contribution >= 0.6 is 0 Å². The second kappa shape index (κ2) is 5.52. The lowest BCUT2D eigenvalue weighted by atomic mass is 10.0. The zero-order chi connectivity index (χ0) is 12.3. The molecule has 1 atom stereocenters. The van der Waals surface area contributed by atoms with E-state index in [1.165, 1.54) is 12.8 Å². The average Bonchev–Trinajstić information content (AvgIpc) is 2.97. The van der Waals surface area contributed by atoms with E-state index < -0.39 is 5.97 Å². The van der Waals surface area contributed by atoms with Crippen LogP contribution in [0.1, 0.15) is 44.9 Å². The molecular formula is C13H21NO3. The maximum Gasteiger partial charge on any atom is 0.303 e. The van der Waals surface area contributed by atoms with Gasteiger partial charge in [-0.25, -0.2) is 0 Å². The first-order valence-corrected chi connectivity index (χ1v) is 6.67. The fourth-order valence-electron chi connectivity index (χ4n) is 3.03. The van der Waals surface area contributed by atoms with Crippen LogP contribution in [0.4, 0.5) is 0 Å². The first kappa shape index (κ1) is 12.4. The number of aliphatic carboxylic acids is 1. The molecule has 1 saturated carbocycles. The van der Waals surface area contributed by atoms with Crippen LogP contribution in [0.25, 0.3) is 0 Å². The SMILES string of the molecule is O=C(O)CCC1CCN(C(=O)C2CCCC2)C1. The summed E-state index contributed by atoms with van der Waals surface area (Å²) < 4.78 is 0. The van der Waals surface area contributed by atoms with E-state index in [0.29, 0.717) is 18.2 Å². The highest BCUT2D eigenvalue weighted by atomic mass is 16.4. The fraction of sp³-hybridized carbons (Fsp3) is 0.846. The number of nitrogens with zero attached hydrogens (tertiary/aromatic N) is 1. The van der Waals surface area contributed by atoms with Crippen molar-refractivity contribution < 1.29 is 14.7 Å². The van der Waals surface area contributed by atoms with Gasteiger partial charge >= 0.3 is 5.97 Å². The van der Waals surface area contributed by atoms with Crippen molar-refractivity contribution in [2.45, 2.75) is 44.9 Å². The average molecular weight is 239 g/mol. The molecule has 17 heavy (non-hydrogen) atoms. The Morgan fingerprint density at radius 1 is 1.18 bits per heavy atom. The number of hydrogen-bond acceptors (Lipinski definition) is 2. The lowest BCUT2D eigenvalue weighted by Gasteiger charge is -2.20. The normalized spacial score (nSPS) is 25.4. The highest BCUT2D eigenvalue weighted by Crippen LogP contribution is 2.29. The van der Waals surface area contributed by atoms with Crippen LogP contribution in [0.2, 0.25) is 0 Å². The van der Waals surface area contributed by atoms with Crippen LogP contribution in [-0.4, -0.2) is 35.0 Å². The molecule has 0 radical (unpaired) electrons. The molecule has 96 valence electrons. The molecule has 0 spiro atoms. The minimum atomic E-state index is -0.731. The molecule has 2 aliphatic rings. The fourth-order valence-corrected chi connectivity index (χ4v) is 3.03. The summed E-state index contributed by atoms with van der Waals surface area (Å²) in [7, 11) is 0. The third-order valence-electron chi connectivity index (χ3n) is 4.07. The minimum absolute atomic E-state index is 0.232. The Morgan fingerprint density at radius 3 is 2.53 bits per heavy atom. The van der Waals surface area contributed by atoms with Crippen molar-refractivity contribution in [3.8, 4) is 0 Å².